The Morgan fingerprint density at radius 1 is 1.37 bits per heavy atom. The molecule has 0 unspecified atom stereocenters. The van der Waals surface area contributed by atoms with E-state index in [2.05, 4.69) is 26.5 Å². The number of nitrogens with zero attached hydrogens (tertiary/aromatic N) is 4. The van der Waals surface area contributed by atoms with Gasteiger partial charge in [0.05, 0.1) is 18.4 Å². The fraction of sp³-hybridized carbons (Fsp3) is 0.333. The zero-order valence-electron chi connectivity index (χ0n) is 10.9. The highest BCUT2D eigenvalue weighted by Crippen LogP contribution is 2.16. The van der Waals surface area contributed by atoms with E-state index in [1.807, 2.05) is 43.5 Å². The molecule has 0 bridgehead atoms. The molecule has 0 radical (unpaired) electrons. The third-order valence-corrected chi connectivity index (χ3v) is 3.36. The quantitative estimate of drug-likeness (QED) is 0.898. The Labute approximate surface area is 119 Å². The smallest absolute Gasteiger partial charge is 0.283 e. The molecular weight excluding hydrogens is 310 g/mol. The van der Waals surface area contributed by atoms with Gasteiger partial charge in [0.2, 0.25) is 0 Å². The van der Waals surface area contributed by atoms with Gasteiger partial charge in [0.15, 0.2) is 0 Å². The van der Waals surface area contributed by atoms with Crippen molar-refractivity contribution in [3.8, 4) is 0 Å². The minimum atomic E-state index is -0.140. The van der Waals surface area contributed by atoms with Gasteiger partial charge in [-0.15, -0.1) is 0 Å². The van der Waals surface area contributed by atoms with Gasteiger partial charge in [0.1, 0.15) is 4.47 Å². The van der Waals surface area contributed by atoms with Crippen LogP contribution in [-0.2, 0) is 6.54 Å². The van der Waals surface area contributed by atoms with Gasteiger partial charge in [0.25, 0.3) is 5.56 Å². The van der Waals surface area contributed by atoms with Crippen LogP contribution in [0.15, 0.2) is 40.0 Å². The van der Waals surface area contributed by atoms with E-state index in [9.17, 15) is 4.79 Å². The lowest BCUT2D eigenvalue weighted by atomic mass is 10.4. The zero-order chi connectivity index (χ0) is 13.8. The largest absolute Gasteiger partial charge is 0.308 e. The molecule has 0 aliphatic heterocycles. The molecule has 7 heteroatoms. The predicted molar refractivity (Wildman–Crippen MR) is 78.2 cm³/mol. The summed E-state index contributed by atoms with van der Waals surface area (Å²) in [5.41, 5.74) is 3.57. The number of likely N-dealkylation sites (N-methyl/N-ethyl adjacent to an activating group) is 1. The van der Waals surface area contributed by atoms with Crippen LogP contribution in [0.25, 0.3) is 0 Å². The van der Waals surface area contributed by atoms with E-state index in [1.54, 1.807) is 10.9 Å². The lowest BCUT2D eigenvalue weighted by Gasteiger charge is -2.13. The third kappa shape index (κ3) is 3.45. The van der Waals surface area contributed by atoms with E-state index in [4.69, 9.17) is 0 Å². The van der Waals surface area contributed by atoms with Crippen LogP contribution < -0.4 is 11.0 Å². The predicted octanol–water partition coefficient (Wildman–Crippen LogP) is 1.24. The summed E-state index contributed by atoms with van der Waals surface area (Å²) in [6, 6.07) is 3.79. The van der Waals surface area contributed by atoms with Crippen LogP contribution in [0.2, 0.25) is 0 Å². The van der Waals surface area contributed by atoms with Crippen molar-refractivity contribution in [3.63, 3.8) is 0 Å². The first-order chi connectivity index (χ1) is 9.08. The number of anilines is 1. The number of halogens is 1. The molecule has 2 aromatic rings. The van der Waals surface area contributed by atoms with Crippen LogP contribution in [0.1, 0.15) is 0 Å². The molecule has 2 rings (SSSR count). The molecule has 0 atom stereocenters. The van der Waals surface area contributed by atoms with Crippen molar-refractivity contribution in [1.82, 2.24) is 19.4 Å². The van der Waals surface area contributed by atoms with Gasteiger partial charge >= 0.3 is 0 Å². The molecule has 0 fully saturated rings. The first-order valence-corrected chi connectivity index (χ1v) is 6.67. The Morgan fingerprint density at radius 3 is 2.68 bits per heavy atom. The van der Waals surface area contributed by atoms with Crippen LogP contribution in [0.4, 0.5) is 5.69 Å². The van der Waals surface area contributed by atoms with Crippen LogP contribution in [-0.4, -0.2) is 40.0 Å². The summed E-state index contributed by atoms with van der Waals surface area (Å²) in [6.07, 6.45) is 5.34. The molecule has 0 amide bonds. The van der Waals surface area contributed by atoms with Crippen molar-refractivity contribution in [2.24, 2.45) is 0 Å². The molecular formula is C12H16BrN5O. The molecule has 0 aliphatic carbocycles. The van der Waals surface area contributed by atoms with E-state index in [1.165, 1.54) is 4.68 Å². The Balaban J connectivity index is 2.20. The third-order valence-electron chi connectivity index (χ3n) is 2.60. The van der Waals surface area contributed by atoms with Crippen LogP contribution in [0.5, 0.6) is 0 Å². The highest BCUT2D eigenvalue weighted by atomic mass is 79.9. The number of aromatic nitrogens is 3. The van der Waals surface area contributed by atoms with E-state index < -0.39 is 0 Å². The number of hydrogen-bond donors (Lipinski definition) is 1. The maximum Gasteiger partial charge on any atom is 0.283 e. The van der Waals surface area contributed by atoms with E-state index in [-0.39, 0.29) is 5.56 Å². The maximum atomic E-state index is 12.1. The molecule has 1 N–H and O–H groups in total. The maximum absolute atomic E-state index is 12.1. The Morgan fingerprint density at radius 2 is 2.05 bits per heavy atom. The first kappa shape index (κ1) is 13.8. The summed E-state index contributed by atoms with van der Waals surface area (Å²) in [5, 5.41) is 4.16. The molecule has 6 nitrogen and oxygen atoms in total. The molecule has 19 heavy (non-hydrogen) atoms. The minimum Gasteiger partial charge on any atom is -0.308 e. The fourth-order valence-corrected chi connectivity index (χ4v) is 1.94. The van der Waals surface area contributed by atoms with Gasteiger partial charge in [-0.25, -0.2) is 4.68 Å². The molecule has 0 aliphatic rings. The van der Waals surface area contributed by atoms with Crippen LogP contribution >= 0.6 is 15.9 Å². The van der Waals surface area contributed by atoms with Crippen molar-refractivity contribution in [3.05, 3.63) is 45.5 Å². The Hall–Kier alpha value is -1.60. The molecule has 0 saturated carbocycles. The van der Waals surface area contributed by atoms with E-state index >= 15 is 0 Å². The highest BCUT2D eigenvalue weighted by Gasteiger charge is 2.08. The molecule has 0 saturated heterocycles. The highest BCUT2D eigenvalue weighted by molar-refractivity contribution is 9.10. The molecule has 102 valence electrons. The Kier molecular flexibility index (Phi) is 4.39. The summed E-state index contributed by atoms with van der Waals surface area (Å²) in [4.78, 5) is 14.1. The van der Waals surface area contributed by atoms with Gasteiger partial charge in [0, 0.05) is 18.9 Å². The Bertz CT molecular complexity index is 591. The monoisotopic (exact) mass is 325 g/mol. The minimum absolute atomic E-state index is 0.140. The molecule has 0 aromatic carbocycles. The standard InChI is InChI=1S/C12H16BrN5O/c1-16(2)7-8-18-12(19)11(13)10(9-14-18)15-17-5-3-4-6-17/h3-6,9,15H,7-8H2,1-2H3. The summed E-state index contributed by atoms with van der Waals surface area (Å²) < 4.78 is 3.69. The van der Waals surface area contributed by atoms with Gasteiger partial charge < -0.3 is 4.90 Å². The summed E-state index contributed by atoms with van der Waals surface area (Å²) >= 11 is 3.32. The SMILES string of the molecule is CN(C)CCn1ncc(Nn2cccc2)c(Br)c1=O. The van der Waals surface area contributed by atoms with Gasteiger partial charge in [-0.2, -0.15) is 5.10 Å². The van der Waals surface area contributed by atoms with Crippen LogP contribution in [0, 0.1) is 0 Å². The fourth-order valence-electron chi connectivity index (χ4n) is 1.55. The van der Waals surface area contributed by atoms with Crippen molar-refractivity contribution in [1.29, 1.82) is 0 Å². The lowest BCUT2D eigenvalue weighted by molar-refractivity contribution is 0.367. The molecule has 2 heterocycles. The van der Waals surface area contributed by atoms with Gasteiger partial charge in [-0.1, -0.05) is 0 Å². The number of rotatable bonds is 5. The van der Waals surface area contributed by atoms with Crippen molar-refractivity contribution >= 4 is 21.6 Å². The van der Waals surface area contributed by atoms with E-state index in [0.29, 0.717) is 16.7 Å². The second kappa shape index (κ2) is 6.03. The normalized spacial score (nSPS) is 10.9. The average molecular weight is 326 g/mol. The van der Waals surface area contributed by atoms with Crippen molar-refractivity contribution in [2.45, 2.75) is 6.54 Å². The lowest BCUT2D eigenvalue weighted by Crippen LogP contribution is -2.29. The van der Waals surface area contributed by atoms with Crippen LogP contribution in [0.3, 0.4) is 0 Å². The summed E-state index contributed by atoms with van der Waals surface area (Å²) in [5.74, 6) is 0. The summed E-state index contributed by atoms with van der Waals surface area (Å²) in [6.45, 7) is 1.33. The molecule has 2 aromatic heterocycles. The molecule has 0 spiro atoms. The van der Waals surface area contributed by atoms with Gasteiger partial charge in [-0.3, -0.25) is 14.9 Å². The number of nitrogens with one attached hydrogen (secondary N) is 1. The average Bonchev–Trinajstić information content (AvgIpc) is 2.87. The number of hydrogen-bond acceptors (Lipinski definition) is 4. The van der Waals surface area contributed by atoms with Gasteiger partial charge in [-0.05, 0) is 42.2 Å². The van der Waals surface area contributed by atoms with Crippen molar-refractivity contribution in [2.75, 3.05) is 26.1 Å². The first-order valence-electron chi connectivity index (χ1n) is 5.88. The second-order valence-corrected chi connectivity index (χ2v) is 5.20. The zero-order valence-corrected chi connectivity index (χ0v) is 12.5. The van der Waals surface area contributed by atoms with Crippen molar-refractivity contribution < 1.29 is 0 Å². The summed E-state index contributed by atoms with van der Waals surface area (Å²) in [7, 11) is 3.92. The topological polar surface area (TPSA) is 55.1 Å². The second-order valence-electron chi connectivity index (χ2n) is 4.41. The van der Waals surface area contributed by atoms with E-state index in [0.717, 1.165) is 6.54 Å².